The fourth-order valence-corrected chi connectivity index (χ4v) is 5.60. The summed E-state index contributed by atoms with van der Waals surface area (Å²) in [5.74, 6) is -0.740. The number of hydrogen-bond donors (Lipinski definition) is 1. The van der Waals surface area contributed by atoms with E-state index in [9.17, 15) is 17.6 Å². The van der Waals surface area contributed by atoms with Crippen LogP contribution in [0, 0.1) is 5.82 Å². The van der Waals surface area contributed by atoms with Gasteiger partial charge in [-0.2, -0.15) is 4.31 Å². The second-order valence-electron chi connectivity index (χ2n) is 5.57. The van der Waals surface area contributed by atoms with E-state index in [4.69, 9.17) is 0 Å². The quantitative estimate of drug-likeness (QED) is 0.882. The van der Waals surface area contributed by atoms with Gasteiger partial charge in [0.05, 0.1) is 6.42 Å². The molecule has 128 valence electrons. The first-order valence-corrected chi connectivity index (χ1v) is 9.85. The molecule has 0 radical (unpaired) electrons. The number of sulfonamides is 1. The molecule has 0 aliphatic carbocycles. The molecule has 1 N–H and O–H groups in total. The van der Waals surface area contributed by atoms with Gasteiger partial charge in [0.1, 0.15) is 10.0 Å². The summed E-state index contributed by atoms with van der Waals surface area (Å²) in [6.45, 7) is 1.10. The predicted molar refractivity (Wildman–Crippen MR) is 91.0 cm³/mol. The van der Waals surface area contributed by atoms with Crippen molar-refractivity contribution < 1.29 is 17.6 Å². The molecule has 1 amide bonds. The Kier molecular flexibility index (Phi) is 4.98. The highest BCUT2D eigenvalue weighted by Crippen LogP contribution is 2.27. The fourth-order valence-electron chi connectivity index (χ4n) is 2.58. The van der Waals surface area contributed by atoms with E-state index in [2.05, 4.69) is 5.32 Å². The highest BCUT2D eigenvalue weighted by molar-refractivity contribution is 7.91. The van der Waals surface area contributed by atoms with Crippen LogP contribution in [0.15, 0.2) is 40.6 Å². The number of hydrogen-bond acceptors (Lipinski definition) is 4. The van der Waals surface area contributed by atoms with Crippen LogP contribution in [-0.2, 0) is 21.2 Å². The lowest BCUT2D eigenvalue weighted by Crippen LogP contribution is -2.27. The zero-order valence-corrected chi connectivity index (χ0v) is 14.5. The molecule has 1 aliphatic rings. The molecule has 1 aliphatic heterocycles. The van der Waals surface area contributed by atoms with Crippen LogP contribution in [-0.4, -0.2) is 31.7 Å². The van der Waals surface area contributed by atoms with E-state index in [1.165, 1.54) is 22.5 Å². The lowest BCUT2D eigenvalue weighted by molar-refractivity contribution is -0.115. The summed E-state index contributed by atoms with van der Waals surface area (Å²) >= 11 is 1.10. The Morgan fingerprint density at radius 2 is 1.96 bits per heavy atom. The molecule has 0 unspecified atom stereocenters. The molecule has 5 nitrogen and oxygen atoms in total. The first-order valence-electron chi connectivity index (χ1n) is 7.59. The van der Waals surface area contributed by atoms with E-state index in [1.54, 1.807) is 18.2 Å². The Labute approximate surface area is 144 Å². The third-order valence-electron chi connectivity index (χ3n) is 3.74. The summed E-state index contributed by atoms with van der Waals surface area (Å²) in [4.78, 5) is 12.7. The number of benzene rings is 1. The molecule has 3 rings (SSSR count). The minimum Gasteiger partial charge on any atom is -0.326 e. The number of thiophene rings is 1. The van der Waals surface area contributed by atoms with Crippen LogP contribution < -0.4 is 5.32 Å². The van der Waals surface area contributed by atoms with Gasteiger partial charge in [0.15, 0.2) is 0 Å². The first kappa shape index (κ1) is 17.1. The molecule has 1 fully saturated rings. The number of nitrogens with zero attached hydrogens (tertiary/aromatic N) is 1. The Morgan fingerprint density at radius 3 is 2.67 bits per heavy atom. The van der Waals surface area contributed by atoms with Crippen molar-refractivity contribution >= 4 is 33.0 Å². The number of carbonyl (C=O) groups is 1. The predicted octanol–water partition coefficient (Wildman–Crippen LogP) is 2.85. The molecule has 2 heterocycles. The second kappa shape index (κ2) is 7.00. The van der Waals surface area contributed by atoms with Crippen LogP contribution in [0.2, 0.25) is 0 Å². The summed E-state index contributed by atoms with van der Waals surface area (Å²) in [5, 5.41) is 2.60. The van der Waals surface area contributed by atoms with Gasteiger partial charge in [-0.25, -0.2) is 12.8 Å². The van der Waals surface area contributed by atoms with E-state index < -0.39 is 15.8 Å². The molecule has 1 saturated heterocycles. The standard InChI is InChI=1S/C16H17FN2O3S2/c17-12-4-3-5-13(10-12)18-15(20)11-14-6-7-16(23-14)24(21,22)19-8-1-2-9-19/h3-7,10H,1-2,8-9,11H2,(H,18,20). The van der Waals surface area contributed by atoms with Crippen molar-refractivity contribution in [3.8, 4) is 0 Å². The van der Waals surface area contributed by atoms with Crippen molar-refractivity contribution in [2.24, 2.45) is 0 Å². The number of nitrogens with one attached hydrogen (secondary N) is 1. The smallest absolute Gasteiger partial charge is 0.252 e. The SMILES string of the molecule is O=C(Cc1ccc(S(=O)(=O)N2CCCC2)s1)Nc1cccc(F)c1. The van der Waals surface area contributed by atoms with Gasteiger partial charge in [-0.1, -0.05) is 6.07 Å². The molecular formula is C16H17FN2O3S2. The van der Waals surface area contributed by atoms with Gasteiger partial charge >= 0.3 is 0 Å². The lowest BCUT2D eigenvalue weighted by atomic mass is 10.3. The third-order valence-corrected chi connectivity index (χ3v) is 7.19. The first-order chi connectivity index (χ1) is 11.4. The normalized spacial score (nSPS) is 15.5. The monoisotopic (exact) mass is 368 g/mol. The molecule has 0 saturated carbocycles. The molecule has 1 aromatic carbocycles. The Morgan fingerprint density at radius 1 is 1.21 bits per heavy atom. The van der Waals surface area contributed by atoms with Crippen molar-refractivity contribution in [2.45, 2.75) is 23.5 Å². The van der Waals surface area contributed by atoms with Gasteiger partial charge in [-0.05, 0) is 43.2 Å². The molecule has 0 bridgehead atoms. The Hall–Kier alpha value is -1.77. The van der Waals surface area contributed by atoms with Crippen LogP contribution in [0.3, 0.4) is 0 Å². The van der Waals surface area contributed by atoms with Gasteiger partial charge in [0.25, 0.3) is 10.0 Å². The van der Waals surface area contributed by atoms with Crippen molar-refractivity contribution in [1.29, 1.82) is 0 Å². The number of amides is 1. The topological polar surface area (TPSA) is 66.5 Å². The Balaban J connectivity index is 1.66. The largest absolute Gasteiger partial charge is 0.326 e. The van der Waals surface area contributed by atoms with Gasteiger partial charge < -0.3 is 5.32 Å². The van der Waals surface area contributed by atoms with Gasteiger partial charge in [0, 0.05) is 23.7 Å². The summed E-state index contributed by atoms with van der Waals surface area (Å²) in [6, 6.07) is 8.83. The highest BCUT2D eigenvalue weighted by atomic mass is 32.2. The minimum absolute atomic E-state index is 0.0523. The van der Waals surface area contributed by atoms with Crippen molar-refractivity contribution in [1.82, 2.24) is 4.31 Å². The molecule has 0 spiro atoms. The second-order valence-corrected chi connectivity index (χ2v) is 8.90. The van der Waals surface area contributed by atoms with Gasteiger partial charge in [0.2, 0.25) is 5.91 Å². The summed E-state index contributed by atoms with van der Waals surface area (Å²) in [5.41, 5.74) is 0.376. The molecular weight excluding hydrogens is 351 g/mol. The van der Waals surface area contributed by atoms with Crippen LogP contribution >= 0.6 is 11.3 Å². The van der Waals surface area contributed by atoms with Crippen LogP contribution in [0.4, 0.5) is 10.1 Å². The molecule has 8 heteroatoms. The van der Waals surface area contributed by atoms with Crippen molar-refractivity contribution in [3.63, 3.8) is 0 Å². The molecule has 24 heavy (non-hydrogen) atoms. The van der Waals surface area contributed by atoms with E-state index in [1.807, 2.05) is 0 Å². The maximum Gasteiger partial charge on any atom is 0.252 e. The zero-order chi connectivity index (χ0) is 17.2. The van der Waals surface area contributed by atoms with E-state index in [0.29, 0.717) is 23.7 Å². The van der Waals surface area contributed by atoms with Gasteiger partial charge in [-0.15, -0.1) is 11.3 Å². The van der Waals surface area contributed by atoms with Crippen LogP contribution in [0.5, 0.6) is 0 Å². The van der Waals surface area contributed by atoms with Crippen molar-refractivity contribution in [3.05, 3.63) is 47.1 Å². The fraction of sp³-hybridized carbons (Fsp3) is 0.312. The van der Waals surface area contributed by atoms with E-state index >= 15 is 0 Å². The summed E-state index contributed by atoms with van der Waals surface area (Å²) in [7, 11) is -3.45. The van der Waals surface area contributed by atoms with E-state index in [-0.39, 0.29) is 16.5 Å². The van der Waals surface area contributed by atoms with Crippen LogP contribution in [0.25, 0.3) is 0 Å². The molecule has 0 atom stereocenters. The maximum absolute atomic E-state index is 13.1. The highest BCUT2D eigenvalue weighted by Gasteiger charge is 2.28. The number of carbonyl (C=O) groups excluding carboxylic acids is 1. The maximum atomic E-state index is 13.1. The zero-order valence-electron chi connectivity index (χ0n) is 12.9. The average molecular weight is 368 g/mol. The Bertz CT molecular complexity index is 843. The van der Waals surface area contributed by atoms with Crippen LogP contribution in [0.1, 0.15) is 17.7 Å². The van der Waals surface area contributed by atoms with Gasteiger partial charge in [-0.3, -0.25) is 4.79 Å². The summed E-state index contributed by atoms with van der Waals surface area (Å²) in [6.07, 6.45) is 1.82. The van der Waals surface area contributed by atoms with Crippen molar-refractivity contribution in [2.75, 3.05) is 18.4 Å². The minimum atomic E-state index is -3.45. The molecule has 1 aromatic heterocycles. The number of halogens is 1. The summed E-state index contributed by atoms with van der Waals surface area (Å²) < 4.78 is 39.8. The number of rotatable bonds is 5. The number of anilines is 1. The molecule has 2 aromatic rings. The third kappa shape index (κ3) is 3.82. The lowest BCUT2D eigenvalue weighted by Gasteiger charge is -2.13. The van der Waals surface area contributed by atoms with E-state index in [0.717, 1.165) is 24.2 Å². The average Bonchev–Trinajstić information content (AvgIpc) is 3.18.